The lowest BCUT2D eigenvalue weighted by Gasteiger charge is -2.45. The molecule has 1 aromatic carbocycles. The first-order valence-corrected chi connectivity index (χ1v) is 6.76. The number of nitro benzene ring substituents is 1. The molecular weight excluding hydrogens is 272 g/mol. The molecule has 7 nitrogen and oxygen atoms in total. The van der Waals surface area contributed by atoms with Crippen LogP contribution in [-0.2, 0) is 12.5 Å². The van der Waals surface area contributed by atoms with E-state index in [1.807, 2.05) is 11.6 Å². The Labute approximate surface area is 121 Å². The molecule has 0 saturated heterocycles. The highest BCUT2D eigenvalue weighted by atomic mass is 16.6. The summed E-state index contributed by atoms with van der Waals surface area (Å²) in [5.41, 5.74) is 0.211. The molecule has 21 heavy (non-hydrogen) atoms. The molecule has 1 fully saturated rings. The minimum absolute atomic E-state index is 0.0969. The Hall–Kier alpha value is -2.44. The number of hydrogen-bond donors (Lipinski definition) is 1. The van der Waals surface area contributed by atoms with Crippen LogP contribution in [0.5, 0.6) is 5.75 Å². The van der Waals surface area contributed by atoms with Gasteiger partial charge in [-0.3, -0.25) is 10.1 Å². The molecule has 0 atom stereocenters. The van der Waals surface area contributed by atoms with Crippen LogP contribution < -0.4 is 0 Å². The third kappa shape index (κ3) is 2.05. The van der Waals surface area contributed by atoms with Crippen LogP contribution in [0.4, 0.5) is 5.69 Å². The van der Waals surface area contributed by atoms with Crippen molar-refractivity contribution < 1.29 is 10.0 Å². The van der Waals surface area contributed by atoms with Gasteiger partial charge in [0.2, 0.25) is 0 Å². The number of aryl methyl sites for hydroxylation is 1. The number of phenols is 1. The van der Waals surface area contributed by atoms with Crippen molar-refractivity contribution in [1.29, 1.82) is 0 Å². The molecule has 1 aliphatic carbocycles. The van der Waals surface area contributed by atoms with Crippen molar-refractivity contribution >= 4 is 5.69 Å². The summed E-state index contributed by atoms with van der Waals surface area (Å²) in [5.74, 6) is 1.18. The summed E-state index contributed by atoms with van der Waals surface area (Å²) in [5, 5.41) is 28.9. The minimum Gasteiger partial charge on any atom is -0.508 e. The predicted octanol–water partition coefficient (Wildman–Crippen LogP) is 2.14. The zero-order valence-electron chi connectivity index (χ0n) is 11.9. The first-order chi connectivity index (χ1) is 9.92. The first-order valence-electron chi connectivity index (χ1n) is 6.76. The second-order valence-electron chi connectivity index (χ2n) is 5.86. The van der Waals surface area contributed by atoms with Gasteiger partial charge in [-0.25, -0.2) is 0 Å². The number of aromatic nitrogens is 3. The highest BCUT2D eigenvalue weighted by molar-refractivity contribution is 5.48. The van der Waals surface area contributed by atoms with Crippen molar-refractivity contribution in [2.75, 3.05) is 0 Å². The monoisotopic (exact) mass is 288 g/mol. The van der Waals surface area contributed by atoms with Gasteiger partial charge in [-0.05, 0) is 30.4 Å². The summed E-state index contributed by atoms with van der Waals surface area (Å²) in [4.78, 5) is 10.5. The largest absolute Gasteiger partial charge is 0.508 e. The Morgan fingerprint density at radius 1 is 1.43 bits per heavy atom. The van der Waals surface area contributed by atoms with Gasteiger partial charge in [0, 0.05) is 13.1 Å². The molecule has 0 radical (unpaired) electrons. The van der Waals surface area contributed by atoms with Crippen LogP contribution in [0.2, 0.25) is 0 Å². The summed E-state index contributed by atoms with van der Waals surface area (Å²) in [6.45, 7) is 2.13. The van der Waals surface area contributed by atoms with Crippen LogP contribution in [0.3, 0.4) is 0 Å². The van der Waals surface area contributed by atoms with Crippen molar-refractivity contribution in [3.63, 3.8) is 0 Å². The molecule has 1 saturated carbocycles. The Bertz CT molecular complexity index is 704. The molecule has 1 heterocycles. The molecular formula is C14H16N4O3. The van der Waals surface area contributed by atoms with Crippen molar-refractivity contribution in [1.82, 2.24) is 14.8 Å². The lowest BCUT2D eigenvalue weighted by Crippen LogP contribution is -2.43. The predicted molar refractivity (Wildman–Crippen MR) is 74.9 cm³/mol. The van der Waals surface area contributed by atoms with Crippen LogP contribution in [0.25, 0.3) is 0 Å². The van der Waals surface area contributed by atoms with E-state index < -0.39 is 10.3 Å². The normalized spacial score (nSPS) is 24.6. The zero-order chi connectivity index (χ0) is 15.2. The minimum atomic E-state index is -0.490. The highest BCUT2D eigenvalue weighted by Gasteiger charge is 2.48. The van der Waals surface area contributed by atoms with E-state index in [9.17, 15) is 15.2 Å². The smallest absolute Gasteiger partial charge is 0.273 e. The van der Waals surface area contributed by atoms with Gasteiger partial charge in [-0.15, -0.1) is 10.2 Å². The van der Waals surface area contributed by atoms with Gasteiger partial charge in [0.1, 0.15) is 17.9 Å². The first kappa shape index (κ1) is 13.5. The molecule has 1 aromatic heterocycles. The Kier molecular flexibility index (Phi) is 2.93. The van der Waals surface area contributed by atoms with E-state index in [-0.39, 0.29) is 11.4 Å². The van der Waals surface area contributed by atoms with Gasteiger partial charge in [0.05, 0.1) is 16.4 Å². The van der Waals surface area contributed by atoms with Crippen LogP contribution in [0.15, 0.2) is 24.5 Å². The number of rotatable bonds is 3. The molecule has 110 valence electrons. The maximum absolute atomic E-state index is 11.0. The van der Waals surface area contributed by atoms with Crippen LogP contribution in [0, 0.1) is 16.0 Å². The molecule has 0 aliphatic heterocycles. The fourth-order valence-electron chi connectivity index (χ4n) is 3.37. The summed E-state index contributed by atoms with van der Waals surface area (Å²) in [6.07, 6.45) is 3.29. The number of hydrogen-bond acceptors (Lipinski definition) is 5. The van der Waals surface area contributed by atoms with E-state index in [1.165, 1.54) is 6.07 Å². The van der Waals surface area contributed by atoms with E-state index in [2.05, 4.69) is 17.1 Å². The van der Waals surface area contributed by atoms with Gasteiger partial charge < -0.3 is 9.67 Å². The van der Waals surface area contributed by atoms with Gasteiger partial charge in [0.15, 0.2) is 0 Å². The Balaban J connectivity index is 2.15. The fourth-order valence-corrected chi connectivity index (χ4v) is 3.37. The average Bonchev–Trinajstić information content (AvgIpc) is 2.80. The number of non-ortho nitro benzene ring substituents is 1. The van der Waals surface area contributed by atoms with E-state index in [0.717, 1.165) is 30.3 Å². The Morgan fingerprint density at radius 3 is 2.67 bits per heavy atom. The molecule has 2 aromatic rings. The van der Waals surface area contributed by atoms with Crippen LogP contribution in [0.1, 0.15) is 31.2 Å². The molecule has 0 spiro atoms. The molecule has 0 amide bonds. The van der Waals surface area contributed by atoms with Crippen molar-refractivity contribution in [3.05, 3.63) is 46.0 Å². The fraction of sp³-hybridized carbons (Fsp3) is 0.429. The average molecular weight is 288 g/mol. The third-order valence-electron chi connectivity index (χ3n) is 4.20. The highest BCUT2D eigenvalue weighted by Crippen LogP contribution is 2.52. The van der Waals surface area contributed by atoms with Crippen LogP contribution >= 0.6 is 0 Å². The maximum Gasteiger partial charge on any atom is 0.273 e. The van der Waals surface area contributed by atoms with E-state index in [1.54, 1.807) is 12.4 Å². The lowest BCUT2D eigenvalue weighted by atomic mass is 9.58. The second kappa shape index (κ2) is 4.54. The SMILES string of the molecule is CC1CC(c2cc(O)cc([N+](=O)[O-])c2)(c2nncn2C)C1. The van der Waals surface area contributed by atoms with Crippen molar-refractivity contribution in [2.45, 2.75) is 25.2 Å². The van der Waals surface area contributed by atoms with E-state index in [4.69, 9.17) is 0 Å². The second-order valence-corrected chi connectivity index (χ2v) is 5.86. The molecule has 0 bridgehead atoms. The van der Waals surface area contributed by atoms with Crippen LogP contribution in [-0.4, -0.2) is 24.8 Å². The van der Waals surface area contributed by atoms with Crippen molar-refractivity contribution in [3.8, 4) is 5.75 Å². The third-order valence-corrected chi connectivity index (χ3v) is 4.20. The summed E-state index contributed by atoms with van der Waals surface area (Å²) >= 11 is 0. The van der Waals surface area contributed by atoms with Gasteiger partial charge in [0.25, 0.3) is 5.69 Å². The summed E-state index contributed by atoms with van der Waals surface area (Å²) < 4.78 is 1.84. The van der Waals surface area contributed by atoms with Gasteiger partial charge in [-0.1, -0.05) is 6.92 Å². The van der Waals surface area contributed by atoms with Crippen molar-refractivity contribution in [2.24, 2.45) is 13.0 Å². The van der Waals surface area contributed by atoms with E-state index in [0.29, 0.717) is 5.92 Å². The number of aromatic hydroxyl groups is 1. The number of phenolic OH excluding ortho intramolecular Hbond substituents is 1. The molecule has 0 unspecified atom stereocenters. The van der Waals surface area contributed by atoms with Gasteiger partial charge >= 0.3 is 0 Å². The maximum atomic E-state index is 11.0. The number of nitrogens with zero attached hydrogens (tertiary/aromatic N) is 4. The Morgan fingerprint density at radius 2 is 2.14 bits per heavy atom. The quantitative estimate of drug-likeness (QED) is 0.689. The topological polar surface area (TPSA) is 94.1 Å². The standard InChI is InChI=1S/C14H16N4O3/c1-9-6-14(7-9,13-16-15-8-17(13)2)10-3-11(18(20)21)5-12(19)4-10/h3-5,8-9,19H,6-7H2,1-2H3. The summed E-state index contributed by atoms with van der Waals surface area (Å²) in [6, 6.07) is 4.28. The summed E-state index contributed by atoms with van der Waals surface area (Å²) in [7, 11) is 1.86. The van der Waals surface area contributed by atoms with E-state index >= 15 is 0 Å². The lowest BCUT2D eigenvalue weighted by molar-refractivity contribution is -0.385. The molecule has 1 N–H and O–H groups in total. The number of benzene rings is 1. The van der Waals surface area contributed by atoms with Gasteiger partial charge in [-0.2, -0.15) is 0 Å². The molecule has 3 rings (SSSR count). The zero-order valence-corrected chi connectivity index (χ0v) is 11.9. The molecule has 1 aliphatic rings. The molecule has 7 heteroatoms. The number of nitro groups is 1.